The van der Waals surface area contributed by atoms with Crippen LogP contribution in [0.4, 0.5) is 0 Å². The van der Waals surface area contributed by atoms with Crippen molar-refractivity contribution in [3.8, 4) is 0 Å². The number of carbonyl (C=O) groups excluding carboxylic acids is 3. The topological polar surface area (TPSA) is 94.1 Å². The summed E-state index contributed by atoms with van der Waals surface area (Å²) >= 11 is 0. The van der Waals surface area contributed by atoms with Gasteiger partial charge < -0.3 is 15.5 Å². The lowest BCUT2D eigenvalue weighted by molar-refractivity contribution is -0.140. The van der Waals surface area contributed by atoms with E-state index in [1.165, 1.54) is 16.0 Å². The van der Waals surface area contributed by atoms with Gasteiger partial charge in [-0.15, -0.1) is 0 Å². The molecule has 1 aromatic rings. The Morgan fingerprint density at radius 2 is 1.61 bits per heavy atom. The zero-order valence-corrected chi connectivity index (χ0v) is 19.0. The Labute approximate surface area is 194 Å². The summed E-state index contributed by atoms with van der Waals surface area (Å²) in [7, 11) is 1.68. The molecule has 0 aromatic heterocycles. The van der Waals surface area contributed by atoms with Gasteiger partial charge in [0.25, 0.3) is 0 Å². The van der Waals surface area contributed by atoms with Crippen LogP contribution in [0.5, 0.6) is 0 Å². The van der Waals surface area contributed by atoms with Crippen LogP contribution in [0.2, 0.25) is 0 Å². The van der Waals surface area contributed by atoms with Crippen molar-refractivity contribution in [2.24, 2.45) is 28.7 Å². The predicted octanol–water partition coefficient (Wildman–Crippen LogP) is 1.28. The standard InChI is InChI=1S/C25H31N5O3/c1-26-25(27-10-4-7-20(31)29-14-18-5-2-3-6-19(18)15-29)28-11-12-30-23(32)21-16-8-9-17(13-16)22(21)24(30)33/h2-3,5-6,8-9,16-17,21-22H,4,7,10-15H2,1H3,(H2,26,27,28). The van der Waals surface area contributed by atoms with Gasteiger partial charge in [-0.2, -0.15) is 0 Å². The minimum Gasteiger partial charge on any atom is -0.356 e. The molecule has 4 aliphatic rings. The van der Waals surface area contributed by atoms with Gasteiger partial charge in [0, 0.05) is 46.2 Å². The van der Waals surface area contributed by atoms with Gasteiger partial charge in [0.2, 0.25) is 17.7 Å². The zero-order chi connectivity index (χ0) is 22.9. The molecule has 3 amide bonds. The van der Waals surface area contributed by atoms with Crippen molar-refractivity contribution in [2.45, 2.75) is 32.4 Å². The van der Waals surface area contributed by atoms with Crippen molar-refractivity contribution < 1.29 is 14.4 Å². The number of rotatable bonds is 7. The summed E-state index contributed by atoms with van der Waals surface area (Å²) in [5.74, 6) is 0.913. The zero-order valence-electron chi connectivity index (χ0n) is 19.0. The predicted molar refractivity (Wildman–Crippen MR) is 124 cm³/mol. The van der Waals surface area contributed by atoms with Crippen LogP contribution in [-0.4, -0.2) is 60.2 Å². The highest BCUT2D eigenvalue weighted by Gasteiger charge is 2.58. The van der Waals surface area contributed by atoms with Crippen molar-refractivity contribution in [1.29, 1.82) is 0 Å². The highest BCUT2D eigenvalue weighted by Crippen LogP contribution is 2.52. The molecule has 33 heavy (non-hydrogen) atoms. The first-order chi connectivity index (χ1) is 16.1. The van der Waals surface area contributed by atoms with Crippen LogP contribution in [0.15, 0.2) is 41.4 Å². The third kappa shape index (κ3) is 4.03. The molecule has 8 nitrogen and oxygen atoms in total. The second-order valence-electron chi connectivity index (χ2n) is 9.38. The average molecular weight is 450 g/mol. The maximum absolute atomic E-state index is 12.8. The normalized spacial score (nSPS) is 27.4. The highest BCUT2D eigenvalue weighted by molar-refractivity contribution is 6.06. The van der Waals surface area contributed by atoms with Crippen LogP contribution in [0.3, 0.4) is 0 Å². The maximum Gasteiger partial charge on any atom is 0.233 e. The van der Waals surface area contributed by atoms with Crippen LogP contribution in [0.25, 0.3) is 0 Å². The molecule has 2 aliphatic carbocycles. The summed E-state index contributed by atoms with van der Waals surface area (Å²) in [6.45, 7) is 2.80. The highest BCUT2D eigenvalue weighted by atomic mass is 16.2. The molecule has 2 heterocycles. The van der Waals surface area contributed by atoms with E-state index in [4.69, 9.17) is 0 Å². The molecule has 4 atom stereocenters. The van der Waals surface area contributed by atoms with E-state index in [2.05, 4.69) is 39.9 Å². The fraction of sp³-hybridized carbons (Fsp3) is 0.520. The molecule has 2 N–H and O–H groups in total. The largest absolute Gasteiger partial charge is 0.356 e. The lowest BCUT2D eigenvalue weighted by Crippen LogP contribution is -2.44. The van der Waals surface area contributed by atoms with Gasteiger partial charge in [-0.25, -0.2) is 0 Å². The van der Waals surface area contributed by atoms with Crippen molar-refractivity contribution in [3.63, 3.8) is 0 Å². The van der Waals surface area contributed by atoms with E-state index in [1.54, 1.807) is 7.05 Å². The monoisotopic (exact) mass is 449 g/mol. The number of allylic oxidation sites excluding steroid dienone is 2. The number of hydrogen-bond donors (Lipinski definition) is 2. The third-order valence-electron chi connectivity index (χ3n) is 7.47. The number of carbonyl (C=O) groups is 3. The molecule has 0 spiro atoms. The SMILES string of the molecule is CN=C(NCCCC(=O)N1Cc2ccccc2C1)NCCN1C(=O)C2C3C=CC(C3)C2C1=O. The molecule has 174 valence electrons. The number of guanidine groups is 1. The van der Waals surface area contributed by atoms with Gasteiger partial charge in [0.15, 0.2) is 5.96 Å². The van der Waals surface area contributed by atoms with Gasteiger partial charge in [-0.05, 0) is 35.8 Å². The molecule has 2 fully saturated rings. The number of nitrogens with zero attached hydrogens (tertiary/aromatic N) is 3. The molecule has 2 aliphatic heterocycles. The van der Waals surface area contributed by atoms with Gasteiger partial charge in [0.05, 0.1) is 11.8 Å². The van der Waals surface area contributed by atoms with E-state index in [9.17, 15) is 14.4 Å². The van der Waals surface area contributed by atoms with Gasteiger partial charge in [0.1, 0.15) is 0 Å². The molecule has 5 rings (SSSR count). The number of hydrogen-bond acceptors (Lipinski definition) is 4. The maximum atomic E-state index is 12.8. The molecule has 8 heteroatoms. The molecule has 1 saturated heterocycles. The Morgan fingerprint density at radius 1 is 1.00 bits per heavy atom. The van der Waals surface area contributed by atoms with Crippen LogP contribution in [0, 0.1) is 23.7 Å². The fourth-order valence-corrected chi connectivity index (χ4v) is 5.81. The summed E-state index contributed by atoms with van der Waals surface area (Å²) in [4.78, 5) is 45.6. The summed E-state index contributed by atoms with van der Waals surface area (Å²) in [6.07, 6.45) is 6.35. The van der Waals surface area contributed by atoms with Gasteiger partial charge in [-0.1, -0.05) is 36.4 Å². The number of nitrogens with one attached hydrogen (secondary N) is 2. The van der Waals surface area contributed by atoms with Gasteiger partial charge >= 0.3 is 0 Å². The molecular weight excluding hydrogens is 418 g/mol. The van der Waals surface area contributed by atoms with Crippen LogP contribution in [0.1, 0.15) is 30.4 Å². The quantitative estimate of drug-likeness (QED) is 0.215. The van der Waals surface area contributed by atoms with E-state index in [0.29, 0.717) is 51.5 Å². The summed E-state index contributed by atoms with van der Waals surface area (Å²) < 4.78 is 0. The third-order valence-corrected chi connectivity index (χ3v) is 7.47. The van der Waals surface area contributed by atoms with Crippen molar-refractivity contribution in [3.05, 3.63) is 47.5 Å². The number of benzene rings is 1. The van der Waals surface area contributed by atoms with Crippen molar-refractivity contribution in [1.82, 2.24) is 20.4 Å². The first-order valence-electron chi connectivity index (χ1n) is 11.9. The Bertz CT molecular complexity index is 964. The minimum atomic E-state index is -0.147. The Morgan fingerprint density at radius 3 is 2.21 bits per heavy atom. The van der Waals surface area contributed by atoms with Gasteiger partial charge in [-0.3, -0.25) is 24.3 Å². The molecule has 4 unspecified atom stereocenters. The molecule has 2 bridgehead atoms. The fourth-order valence-electron chi connectivity index (χ4n) is 5.81. The smallest absolute Gasteiger partial charge is 0.233 e. The van der Waals surface area contributed by atoms with E-state index in [1.807, 2.05) is 17.0 Å². The Hall–Kier alpha value is -3.16. The average Bonchev–Trinajstić information content (AvgIpc) is 3.59. The number of likely N-dealkylation sites (tertiary alicyclic amines) is 1. The molecule has 1 saturated carbocycles. The summed E-state index contributed by atoms with van der Waals surface area (Å²) in [6, 6.07) is 8.18. The summed E-state index contributed by atoms with van der Waals surface area (Å²) in [5.41, 5.74) is 2.46. The van der Waals surface area contributed by atoms with E-state index in [-0.39, 0.29) is 41.4 Å². The molecule has 0 radical (unpaired) electrons. The lowest BCUT2D eigenvalue weighted by atomic mass is 9.85. The first kappa shape index (κ1) is 21.7. The second-order valence-corrected chi connectivity index (χ2v) is 9.38. The van der Waals surface area contributed by atoms with Crippen molar-refractivity contribution >= 4 is 23.7 Å². The second kappa shape index (κ2) is 9.00. The van der Waals surface area contributed by atoms with E-state index >= 15 is 0 Å². The van der Waals surface area contributed by atoms with Crippen LogP contribution in [-0.2, 0) is 27.5 Å². The minimum absolute atomic E-state index is 0.0193. The molecular formula is C25H31N5O3. The van der Waals surface area contributed by atoms with Crippen LogP contribution >= 0.6 is 0 Å². The van der Waals surface area contributed by atoms with Crippen molar-refractivity contribution in [2.75, 3.05) is 26.7 Å². The van der Waals surface area contributed by atoms with Crippen LogP contribution < -0.4 is 10.6 Å². The number of amides is 3. The Kier molecular flexibility index (Phi) is 5.91. The molecule has 1 aromatic carbocycles. The van der Waals surface area contributed by atoms with E-state index < -0.39 is 0 Å². The van der Waals surface area contributed by atoms with E-state index in [0.717, 1.165) is 6.42 Å². The number of fused-ring (bicyclic) bond motifs is 6. The lowest BCUT2D eigenvalue weighted by Gasteiger charge is -2.19. The summed E-state index contributed by atoms with van der Waals surface area (Å²) in [5, 5.41) is 6.39. The number of aliphatic imine (C=N–C) groups is 1. The number of imide groups is 1. The Balaban J connectivity index is 1.01. The first-order valence-corrected chi connectivity index (χ1v) is 11.9.